The van der Waals surface area contributed by atoms with Crippen LogP contribution in [0.3, 0.4) is 0 Å². The van der Waals surface area contributed by atoms with E-state index >= 15 is 0 Å². The van der Waals surface area contributed by atoms with Crippen LogP contribution in [-0.4, -0.2) is 20.5 Å². The zero-order valence-corrected chi connectivity index (χ0v) is 13.4. The van der Waals surface area contributed by atoms with Gasteiger partial charge in [0.05, 0.1) is 12.0 Å². The second kappa shape index (κ2) is 6.66. The molecule has 0 atom stereocenters. The highest BCUT2D eigenvalue weighted by Gasteiger charge is 2.23. The SMILES string of the molecule is CCc1ccc([N+](=O)[O-])cc1S(=O)(=O)Oc1cccc(OC)c1. The first kappa shape index (κ1) is 16.8. The first-order valence-electron chi connectivity index (χ1n) is 6.73. The van der Waals surface area contributed by atoms with Crippen LogP contribution in [0, 0.1) is 10.1 Å². The van der Waals surface area contributed by atoms with Crippen molar-refractivity contribution in [3.8, 4) is 11.5 Å². The van der Waals surface area contributed by atoms with Gasteiger partial charge in [0.1, 0.15) is 16.4 Å². The van der Waals surface area contributed by atoms with Crippen molar-refractivity contribution in [1.82, 2.24) is 0 Å². The Morgan fingerprint density at radius 3 is 2.43 bits per heavy atom. The lowest BCUT2D eigenvalue weighted by Gasteiger charge is -2.11. The van der Waals surface area contributed by atoms with Crippen LogP contribution in [0.25, 0.3) is 0 Å². The van der Waals surface area contributed by atoms with Crippen molar-refractivity contribution in [2.75, 3.05) is 7.11 Å². The van der Waals surface area contributed by atoms with Gasteiger partial charge in [-0.05, 0) is 24.1 Å². The molecule has 23 heavy (non-hydrogen) atoms. The van der Waals surface area contributed by atoms with Gasteiger partial charge in [0, 0.05) is 18.2 Å². The minimum absolute atomic E-state index is 0.0675. The molecule has 0 saturated carbocycles. The number of rotatable bonds is 6. The maximum absolute atomic E-state index is 12.5. The largest absolute Gasteiger partial charge is 0.497 e. The second-order valence-corrected chi connectivity index (χ2v) is 6.13. The third-order valence-electron chi connectivity index (χ3n) is 3.16. The second-order valence-electron chi connectivity index (χ2n) is 4.62. The fraction of sp³-hybridized carbons (Fsp3) is 0.200. The molecule has 0 aromatic heterocycles. The van der Waals surface area contributed by atoms with E-state index in [0.717, 1.165) is 6.07 Å². The summed E-state index contributed by atoms with van der Waals surface area (Å²) in [5, 5.41) is 10.9. The maximum atomic E-state index is 12.5. The molecule has 0 N–H and O–H groups in total. The van der Waals surface area contributed by atoms with Crippen LogP contribution in [0.4, 0.5) is 5.69 Å². The Hall–Kier alpha value is -2.61. The van der Waals surface area contributed by atoms with E-state index in [1.54, 1.807) is 19.1 Å². The molecule has 7 nitrogen and oxygen atoms in total. The van der Waals surface area contributed by atoms with E-state index in [-0.39, 0.29) is 16.3 Å². The summed E-state index contributed by atoms with van der Waals surface area (Å²) >= 11 is 0. The van der Waals surface area contributed by atoms with Crippen LogP contribution >= 0.6 is 0 Å². The Morgan fingerprint density at radius 2 is 1.83 bits per heavy atom. The number of ether oxygens (including phenoxy) is 1. The number of nitrogens with zero attached hydrogens (tertiary/aromatic N) is 1. The number of non-ortho nitro benzene ring substituents is 1. The molecule has 0 aliphatic heterocycles. The summed E-state index contributed by atoms with van der Waals surface area (Å²) in [6.45, 7) is 1.76. The molecule has 0 saturated heterocycles. The van der Waals surface area contributed by atoms with Crippen molar-refractivity contribution < 1.29 is 22.3 Å². The molecule has 0 aliphatic rings. The van der Waals surface area contributed by atoms with Gasteiger partial charge in [-0.2, -0.15) is 8.42 Å². The molecule has 2 rings (SSSR count). The van der Waals surface area contributed by atoms with Crippen molar-refractivity contribution in [2.24, 2.45) is 0 Å². The van der Waals surface area contributed by atoms with Gasteiger partial charge in [-0.1, -0.05) is 19.1 Å². The summed E-state index contributed by atoms with van der Waals surface area (Å²) in [7, 11) is -2.75. The summed E-state index contributed by atoms with van der Waals surface area (Å²) in [5.41, 5.74) is 0.133. The number of methoxy groups -OCH3 is 1. The van der Waals surface area contributed by atoms with Crippen LogP contribution in [-0.2, 0) is 16.5 Å². The molecule has 0 amide bonds. The monoisotopic (exact) mass is 337 g/mol. The topological polar surface area (TPSA) is 95.7 Å². The lowest BCUT2D eigenvalue weighted by atomic mass is 10.1. The number of nitro benzene ring substituents is 1. The van der Waals surface area contributed by atoms with Crippen molar-refractivity contribution in [3.05, 3.63) is 58.1 Å². The Balaban J connectivity index is 2.45. The number of hydrogen-bond acceptors (Lipinski definition) is 6. The first-order valence-corrected chi connectivity index (χ1v) is 8.14. The number of hydrogen-bond donors (Lipinski definition) is 0. The van der Waals surface area contributed by atoms with Gasteiger partial charge in [0.2, 0.25) is 0 Å². The van der Waals surface area contributed by atoms with Crippen molar-refractivity contribution in [1.29, 1.82) is 0 Å². The van der Waals surface area contributed by atoms with E-state index in [4.69, 9.17) is 8.92 Å². The Kier molecular flexibility index (Phi) is 4.85. The van der Waals surface area contributed by atoms with E-state index in [0.29, 0.717) is 17.7 Å². The van der Waals surface area contributed by atoms with Crippen molar-refractivity contribution in [2.45, 2.75) is 18.2 Å². The van der Waals surface area contributed by atoms with E-state index in [2.05, 4.69) is 0 Å². The molecule has 2 aromatic rings. The van der Waals surface area contributed by atoms with E-state index in [1.165, 1.54) is 31.4 Å². The van der Waals surface area contributed by atoms with Gasteiger partial charge in [-0.3, -0.25) is 10.1 Å². The molecule has 2 aromatic carbocycles. The molecule has 0 heterocycles. The van der Waals surface area contributed by atoms with E-state index in [1.807, 2.05) is 0 Å². The van der Waals surface area contributed by atoms with Crippen molar-refractivity contribution >= 4 is 15.8 Å². The first-order chi connectivity index (χ1) is 10.9. The quantitative estimate of drug-likeness (QED) is 0.457. The molecule has 0 spiro atoms. The molecule has 122 valence electrons. The normalized spacial score (nSPS) is 11.0. The Morgan fingerprint density at radius 1 is 1.13 bits per heavy atom. The third kappa shape index (κ3) is 3.78. The molecule has 8 heteroatoms. The summed E-state index contributed by atoms with van der Waals surface area (Å²) in [6.07, 6.45) is 0.397. The summed E-state index contributed by atoms with van der Waals surface area (Å²) in [5.74, 6) is 0.505. The van der Waals surface area contributed by atoms with Crippen LogP contribution in [0.1, 0.15) is 12.5 Å². The lowest BCUT2D eigenvalue weighted by molar-refractivity contribution is -0.385. The predicted octanol–water partition coefficient (Wildman–Crippen LogP) is 2.93. The van der Waals surface area contributed by atoms with Crippen LogP contribution in [0.15, 0.2) is 47.4 Å². The lowest BCUT2D eigenvalue weighted by Crippen LogP contribution is -2.12. The maximum Gasteiger partial charge on any atom is 0.339 e. The third-order valence-corrected chi connectivity index (χ3v) is 4.49. The number of aryl methyl sites for hydroxylation is 1. The number of benzene rings is 2. The molecular formula is C15H15NO6S. The highest BCUT2D eigenvalue weighted by atomic mass is 32.2. The zero-order valence-electron chi connectivity index (χ0n) is 12.6. The van der Waals surface area contributed by atoms with Gasteiger partial charge in [-0.15, -0.1) is 0 Å². The molecule has 0 fully saturated rings. The highest BCUT2D eigenvalue weighted by molar-refractivity contribution is 7.87. The van der Waals surface area contributed by atoms with Crippen LogP contribution in [0.5, 0.6) is 11.5 Å². The average molecular weight is 337 g/mol. The number of nitro groups is 1. The Labute approximate surface area is 133 Å². The summed E-state index contributed by atoms with van der Waals surface area (Å²) in [6, 6.07) is 9.80. The highest BCUT2D eigenvalue weighted by Crippen LogP contribution is 2.27. The fourth-order valence-electron chi connectivity index (χ4n) is 2.01. The molecule has 0 aliphatic carbocycles. The minimum atomic E-state index is -4.20. The molecule has 0 radical (unpaired) electrons. The zero-order chi connectivity index (χ0) is 17.0. The Bertz CT molecular complexity index is 832. The van der Waals surface area contributed by atoms with Crippen molar-refractivity contribution in [3.63, 3.8) is 0 Å². The molecule has 0 bridgehead atoms. The van der Waals surface area contributed by atoms with Crippen LogP contribution < -0.4 is 8.92 Å². The summed E-state index contributed by atoms with van der Waals surface area (Å²) < 4.78 is 35.0. The van der Waals surface area contributed by atoms with E-state index in [9.17, 15) is 18.5 Å². The fourth-order valence-corrected chi connectivity index (χ4v) is 3.25. The van der Waals surface area contributed by atoms with Gasteiger partial charge in [0.15, 0.2) is 0 Å². The summed E-state index contributed by atoms with van der Waals surface area (Å²) in [4.78, 5) is 10.0. The van der Waals surface area contributed by atoms with Gasteiger partial charge >= 0.3 is 10.1 Å². The van der Waals surface area contributed by atoms with E-state index < -0.39 is 15.0 Å². The van der Waals surface area contributed by atoms with Gasteiger partial charge in [0.25, 0.3) is 5.69 Å². The van der Waals surface area contributed by atoms with Gasteiger partial charge < -0.3 is 8.92 Å². The minimum Gasteiger partial charge on any atom is -0.497 e. The molecule has 0 unspecified atom stereocenters. The van der Waals surface area contributed by atoms with Gasteiger partial charge in [-0.25, -0.2) is 0 Å². The standard InChI is InChI=1S/C15H15NO6S/c1-3-11-7-8-12(16(17)18)9-15(11)23(19,20)22-14-6-4-5-13(10-14)21-2/h4-10H,3H2,1-2H3. The smallest absolute Gasteiger partial charge is 0.339 e. The average Bonchev–Trinajstić information content (AvgIpc) is 2.53. The van der Waals surface area contributed by atoms with Crippen LogP contribution in [0.2, 0.25) is 0 Å². The predicted molar refractivity (Wildman–Crippen MR) is 83.3 cm³/mol. The molecular weight excluding hydrogens is 322 g/mol.